The Labute approximate surface area is 83.2 Å². The number of thiophene rings is 1. The van der Waals surface area contributed by atoms with E-state index in [-0.39, 0.29) is 0 Å². The Balaban J connectivity index is 1.83. The molecule has 1 saturated carbocycles. The fourth-order valence-electron chi connectivity index (χ4n) is 2.20. The second kappa shape index (κ2) is 2.82. The predicted molar refractivity (Wildman–Crippen MR) is 56.3 cm³/mol. The third kappa shape index (κ3) is 1.42. The fraction of sp³-hybridized carbons (Fsp3) is 0.636. The molecule has 0 radical (unpaired) electrons. The first-order valence-corrected chi connectivity index (χ1v) is 6.00. The molecule has 70 valence electrons. The summed E-state index contributed by atoms with van der Waals surface area (Å²) in [6.07, 6.45) is 5.42. The first-order chi connectivity index (χ1) is 6.33. The van der Waals surface area contributed by atoms with Crippen LogP contribution in [0.1, 0.15) is 40.6 Å². The molecule has 1 aromatic heterocycles. The number of nitrogens with one attached hydrogen (secondary N) is 1. The summed E-state index contributed by atoms with van der Waals surface area (Å²) in [7, 11) is 0. The van der Waals surface area contributed by atoms with E-state index in [0.29, 0.717) is 6.04 Å². The van der Waals surface area contributed by atoms with Crippen LogP contribution in [0.3, 0.4) is 0 Å². The number of rotatable bonds is 2. The van der Waals surface area contributed by atoms with Crippen molar-refractivity contribution in [2.24, 2.45) is 0 Å². The van der Waals surface area contributed by atoms with Crippen molar-refractivity contribution in [3.05, 3.63) is 21.4 Å². The Morgan fingerprint density at radius 3 is 3.00 bits per heavy atom. The standard InChI is InChI=1S/C11H15NS/c1-7-6-8-2-5-10(11(8)13-7)12-9-3-4-9/h6,9-10,12H,2-5H2,1H3. The van der Waals surface area contributed by atoms with Crippen LogP contribution in [-0.4, -0.2) is 6.04 Å². The van der Waals surface area contributed by atoms with Gasteiger partial charge in [0.2, 0.25) is 0 Å². The van der Waals surface area contributed by atoms with Crippen LogP contribution in [0.4, 0.5) is 0 Å². The zero-order valence-corrected chi connectivity index (χ0v) is 8.79. The molecule has 0 amide bonds. The summed E-state index contributed by atoms with van der Waals surface area (Å²) in [6.45, 7) is 2.22. The van der Waals surface area contributed by atoms with Gasteiger partial charge in [-0.15, -0.1) is 11.3 Å². The lowest BCUT2D eigenvalue weighted by Gasteiger charge is -2.10. The van der Waals surface area contributed by atoms with Crippen LogP contribution in [0, 0.1) is 6.92 Å². The van der Waals surface area contributed by atoms with Crippen molar-refractivity contribution < 1.29 is 0 Å². The SMILES string of the molecule is Cc1cc2c(s1)C(NC1CC1)CC2. The first kappa shape index (κ1) is 8.01. The van der Waals surface area contributed by atoms with Crippen LogP contribution in [-0.2, 0) is 6.42 Å². The quantitative estimate of drug-likeness (QED) is 0.761. The highest BCUT2D eigenvalue weighted by Crippen LogP contribution is 2.39. The molecule has 1 fully saturated rings. The van der Waals surface area contributed by atoms with E-state index >= 15 is 0 Å². The van der Waals surface area contributed by atoms with Gasteiger partial charge < -0.3 is 5.32 Å². The molecule has 0 aliphatic heterocycles. The number of hydrogen-bond acceptors (Lipinski definition) is 2. The van der Waals surface area contributed by atoms with Crippen molar-refractivity contribution in [2.75, 3.05) is 0 Å². The van der Waals surface area contributed by atoms with E-state index in [0.717, 1.165) is 6.04 Å². The van der Waals surface area contributed by atoms with Gasteiger partial charge in [0.1, 0.15) is 0 Å². The van der Waals surface area contributed by atoms with E-state index in [9.17, 15) is 0 Å². The van der Waals surface area contributed by atoms with Crippen LogP contribution in [0.25, 0.3) is 0 Å². The summed E-state index contributed by atoms with van der Waals surface area (Å²) in [5.74, 6) is 0. The highest BCUT2D eigenvalue weighted by Gasteiger charge is 2.30. The number of aryl methyl sites for hydroxylation is 2. The Bertz CT molecular complexity index is 325. The number of fused-ring (bicyclic) bond motifs is 1. The summed E-state index contributed by atoms with van der Waals surface area (Å²) in [4.78, 5) is 3.11. The van der Waals surface area contributed by atoms with E-state index in [1.165, 1.54) is 30.6 Å². The van der Waals surface area contributed by atoms with Gasteiger partial charge in [-0.05, 0) is 44.2 Å². The zero-order valence-electron chi connectivity index (χ0n) is 7.97. The monoisotopic (exact) mass is 193 g/mol. The second-order valence-electron chi connectivity index (χ2n) is 4.28. The summed E-state index contributed by atoms with van der Waals surface area (Å²) in [5, 5.41) is 3.73. The molecule has 1 nitrogen and oxygen atoms in total. The third-order valence-electron chi connectivity index (χ3n) is 3.00. The Hall–Kier alpha value is -0.340. The van der Waals surface area contributed by atoms with Crippen LogP contribution in [0.15, 0.2) is 6.07 Å². The molecule has 0 aromatic carbocycles. The minimum atomic E-state index is 0.696. The van der Waals surface area contributed by atoms with Gasteiger partial charge in [0.25, 0.3) is 0 Å². The molecule has 2 aliphatic carbocycles. The fourth-order valence-corrected chi connectivity index (χ4v) is 3.37. The van der Waals surface area contributed by atoms with E-state index in [1.807, 2.05) is 11.3 Å². The lowest BCUT2D eigenvalue weighted by atomic mass is 10.2. The Kier molecular flexibility index (Phi) is 1.74. The van der Waals surface area contributed by atoms with Crippen molar-refractivity contribution in [3.63, 3.8) is 0 Å². The molecular weight excluding hydrogens is 178 g/mol. The summed E-state index contributed by atoms with van der Waals surface area (Å²) in [6, 6.07) is 3.91. The molecule has 1 unspecified atom stereocenters. The maximum absolute atomic E-state index is 3.73. The van der Waals surface area contributed by atoms with Crippen molar-refractivity contribution >= 4 is 11.3 Å². The van der Waals surface area contributed by atoms with Crippen molar-refractivity contribution in [3.8, 4) is 0 Å². The van der Waals surface area contributed by atoms with Gasteiger partial charge >= 0.3 is 0 Å². The predicted octanol–water partition coefficient (Wildman–Crippen LogP) is 2.80. The normalized spacial score (nSPS) is 26.4. The Morgan fingerprint density at radius 1 is 1.38 bits per heavy atom. The highest BCUT2D eigenvalue weighted by atomic mass is 32.1. The van der Waals surface area contributed by atoms with E-state index in [1.54, 1.807) is 10.4 Å². The van der Waals surface area contributed by atoms with Crippen molar-refractivity contribution in [2.45, 2.75) is 44.7 Å². The van der Waals surface area contributed by atoms with Gasteiger partial charge in [-0.1, -0.05) is 0 Å². The Morgan fingerprint density at radius 2 is 2.23 bits per heavy atom. The lowest BCUT2D eigenvalue weighted by molar-refractivity contribution is 0.533. The minimum absolute atomic E-state index is 0.696. The molecule has 1 aromatic rings. The smallest absolute Gasteiger partial charge is 0.0422 e. The molecule has 3 rings (SSSR count). The molecular formula is C11H15NS. The van der Waals surface area contributed by atoms with Crippen molar-refractivity contribution in [1.82, 2.24) is 5.32 Å². The summed E-state index contributed by atoms with van der Waals surface area (Å²) in [5.41, 5.74) is 1.61. The lowest BCUT2D eigenvalue weighted by Crippen LogP contribution is -2.20. The van der Waals surface area contributed by atoms with Gasteiger partial charge in [0.05, 0.1) is 0 Å². The summed E-state index contributed by atoms with van der Waals surface area (Å²) >= 11 is 1.99. The van der Waals surface area contributed by atoms with Gasteiger partial charge in [-0.2, -0.15) is 0 Å². The van der Waals surface area contributed by atoms with Gasteiger partial charge in [0.15, 0.2) is 0 Å². The van der Waals surface area contributed by atoms with Gasteiger partial charge in [-0.3, -0.25) is 0 Å². The molecule has 2 aliphatic rings. The zero-order chi connectivity index (χ0) is 8.84. The topological polar surface area (TPSA) is 12.0 Å². The van der Waals surface area contributed by atoms with Crippen molar-refractivity contribution in [1.29, 1.82) is 0 Å². The average molecular weight is 193 g/mol. The van der Waals surface area contributed by atoms with Gasteiger partial charge in [-0.25, -0.2) is 0 Å². The van der Waals surface area contributed by atoms with E-state index in [2.05, 4.69) is 18.3 Å². The number of hydrogen-bond donors (Lipinski definition) is 1. The molecule has 13 heavy (non-hydrogen) atoms. The van der Waals surface area contributed by atoms with Crippen LogP contribution >= 0.6 is 11.3 Å². The largest absolute Gasteiger partial charge is 0.306 e. The molecule has 0 saturated heterocycles. The van der Waals surface area contributed by atoms with E-state index in [4.69, 9.17) is 0 Å². The van der Waals surface area contributed by atoms with Crippen LogP contribution in [0.5, 0.6) is 0 Å². The maximum atomic E-state index is 3.73. The third-order valence-corrected chi connectivity index (χ3v) is 4.20. The maximum Gasteiger partial charge on any atom is 0.0422 e. The second-order valence-corrected chi connectivity index (χ2v) is 5.57. The molecule has 1 N–H and O–H groups in total. The van der Waals surface area contributed by atoms with Crippen LogP contribution < -0.4 is 5.32 Å². The van der Waals surface area contributed by atoms with E-state index < -0.39 is 0 Å². The molecule has 0 spiro atoms. The van der Waals surface area contributed by atoms with Gasteiger partial charge in [0, 0.05) is 21.8 Å². The summed E-state index contributed by atoms with van der Waals surface area (Å²) < 4.78 is 0. The molecule has 2 heteroatoms. The molecule has 1 heterocycles. The van der Waals surface area contributed by atoms with Crippen LogP contribution in [0.2, 0.25) is 0 Å². The first-order valence-electron chi connectivity index (χ1n) is 5.18. The highest BCUT2D eigenvalue weighted by molar-refractivity contribution is 7.12. The molecule has 0 bridgehead atoms. The average Bonchev–Trinajstić information content (AvgIpc) is 2.73. The minimum Gasteiger partial charge on any atom is -0.306 e. The molecule has 1 atom stereocenters.